The van der Waals surface area contributed by atoms with Crippen molar-refractivity contribution in [2.45, 2.75) is 59.0 Å². The average molecular weight is 369 g/mol. The monoisotopic (exact) mass is 368 g/mol. The van der Waals surface area contributed by atoms with Crippen molar-refractivity contribution in [2.75, 3.05) is 18.4 Å². The van der Waals surface area contributed by atoms with E-state index < -0.39 is 5.97 Å². The summed E-state index contributed by atoms with van der Waals surface area (Å²) in [5.74, 6) is -0.332. The summed E-state index contributed by atoms with van der Waals surface area (Å²) in [7, 11) is 0. The van der Waals surface area contributed by atoms with Crippen molar-refractivity contribution >= 4 is 28.3 Å². The first-order chi connectivity index (χ1) is 11.8. The molecule has 3 N–H and O–H groups in total. The highest BCUT2D eigenvalue weighted by Crippen LogP contribution is 2.28. The topological polar surface area (TPSA) is 94.6 Å². The summed E-state index contributed by atoms with van der Waals surface area (Å²) in [6.45, 7) is 8.91. The molecule has 1 fully saturated rings. The van der Waals surface area contributed by atoms with E-state index in [1.165, 1.54) is 11.3 Å². The van der Waals surface area contributed by atoms with Crippen molar-refractivity contribution in [3.8, 4) is 0 Å². The first kappa shape index (κ1) is 19.7. The van der Waals surface area contributed by atoms with Crippen LogP contribution < -0.4 is 10.6 Å². The fourth-order valence-corrected chi connectivity index (χ4v) is 3.94. The van der Waals surface area contributed by atoms with Gasteiger partial charge in [0, 0.05) is 12.1 Å². The van der Waals surface area contributed by atoms with Gasteiger partial charge in [-0.3, -0.25) is 15.0 Å². The van der Waals surface area contributed by atoms with E-state index >= 15 is 0 Å². The van der Waals surface area contributed by atoms with Gasteiger partial charge in [0.25, 0.3) is 0 Å². The van der Waals surface area contributed by atoms with E-state index in [0.717, 1.165) is 35.0 Å². The minimum absolute atomic E-state index is 0.0544. The second kappa shape index (κ2) is 8.62. The summed E-state index contributed by atoms with van der Waals surface area (Å²) in [5.41, 5.74) is 0.942. The van der Waals surface area contributed by atoms with Crippen LogP contribution in [0.5, 0.6) is 0 Å². The van der Waals surface area contributed by atoms with E-state index in [0.29, 0.717) is 12.5 Å². The van der Waals surface area contributed by atoms with Crippen LogP contribution in [-0.2, 0) is 11.2 Å². The maximum Gasteiger partial charge on any atom is 0.320 e. The number of nitrogens with one attached hydrogen (secondary N) is 2. The van der Waals surface area contributed by atoms with Crippen LogP contribution in [0, 0.1) is 12.8 Å². The largest absolute Gasteiger partial charge is 0.480 e. The number of aryl methyl sites for hydroxylation is 1. The molecule has 0 aliphatic heterocycles. The number of hydrogen-bond donors (Lipinski definition) is 3. The third kappa shape index (κ3) is 5.67. The fourth-order valence-electron chi connectivity index (χ4n) is 3.09. The number of carbonyl (C=O) groups is 2. The number of likely N-dealkylation sites (N-methyl/N-ethyl adjacent to an activating group) is 1. The SMILES string of the molecule is CCN(CC(=O)O)C1CC(NC(=O)Nc2sc(C)nc2CC(C)C)C1. The zero-order valence-electron chi connectivity index (χ0n) is 15.3. The molecule has 0 spiro atoms. The Hall–Kier alpha value is -1.67. The van der Waals surface area contributed by atoms with Crippen molar-refractivity contribution < 1.29 is 14.7 Å². The molecule has 0 aromatic carbocycles. The predicted octanol–water partition coefficient (Wildman–Crippen LogP) is 2.71. The van der Waals surface area contributed by atoms with Crippen molar-refractivity contribution in [1.82, 2.24) is 15.2 Å². The van der Waals surface area contributed by atoms with Gasteiger partial charge in [-0.2, -0.15) is 0 Å². The number of anilines is 1. The Morgan fingerprint density at radius 1 is 1.40 bits per heavy atom. The number of nitrogens with zero attached hydrogens (tertiary/aromatic N) is 2. The van der Waals surface area contributed by atoms with Crippen LogP contribution >= 0.6 is 11.3 Å². The molecule has 0 radical (unpaired) electrons. The summed E-state index contributed by atoms with van der Waals surface area (Å²) in [5, 5.41) is 16.6. The molecule has 7 nitrogen and oxygen atoms in total. The highest BCUT2D eigenvalue weighted by Gasteiger charge is 2.34. The summed E-state index contributed by atoms with van der Waals surface area (Å²) in [4.78, 5) is 29.5. The molecule has 0 unspecified atom stereocenters. The van der Waals surface area contributed by atoms with Gasteiger partial charge in [0.1, 0.15) is 5.00 Å². The molecule has 8 heteroatoms. The van der Waals surface area contributed by atoms with E-state index in [1.807, 2.05) is 18.7 Å². The molecular formula is C17H28N4O3S. The van der Waals surface area contributed by atoms with E-state index in [1.54, 1.807) is 0 Å². The highest BCUT2D eigenvalue weighted by atomic mass is 32.1. The Bertz CT molecular complexity index is 611. The lowest BCUT2D eigenvalue weighted by molar-refractivity contribution is -0.139. The van der Waals surface area contributed by atoms with Crippen LogP contribution in [0.25, 0.3) is 0 Å². The van der Waals surface area contributed by atoms with Crippen LogP contribution in [0.4, 0.5) is 9.80 Å². The summed E-state index contributed by atoms with van der Waals surface area (Å²) < 4.78 is 0. The van der Waals surface area contributed by atoms with Crippen molar-refractivity contribution in [1.29, 1.82) is 0 Å². The number of carboxylic acids is 1. The molecule has 0 bridgehead atoms. The molecule has 1 saturated carbocycles. The number of aromatic nitrogens is 1. The van der Waals surface area contributed by atoms with E-state index in [4.69, 9.17) is 5.11 Å². The number of thiazole rings is 1. The van der Waals surface area contributed by atoms with E-state index in [2.05, 4.69) is 29.5 Å². The van der Waals surface area contributed by atoms with Gasteiger partial charge >= 0.3 is 12.0 Å². The highest BCUT2D eigenvalue weighted by molar-refractivity contribution is 7.16. The molecule has 0 saturated heterocycles. The third-order valence-electron chi connectivity index (χ3n) is 4.34. The first-order valence-electron chi connectivity index (χ1n) is 8.78. The van der Waals surface area contributed by atoms with Gasteiger partial charge in [0.2, 0.25) is 0 Å². The van der Waals surface area contributed by atoms with Gasteiger partial charge in [0.05, 0.1) is 17.2 Å². The number of urea groups is 1. The standard InChI is InChI=1S/C17H28N4O3S/c1-5-21(9-15(22)23)13-7-12(8-13)19-17(24)20-16-14(6-10(2)3)18-11(4)25-16/h10,12-13H,5-9H2,1-4H3,(H,22,23)(H2,19,20,24). The molecule has 2 rings (SSSR count). The van der Waals surface area contributed by atoms with Crippen LogP contribution in [-0.4, -0.2) is 52.2 Å². The van der Waals surface area contributed by atoms with E-state index in [-0.39, 0.29) is 24.7 Å². The molecule has 1 heterocycles. The number of amides is 2. The van der Waals surface area contributed by atoms with Crippen molar-refractivity contribution in [2.24, 2.45) is 5.92 Å². The average Bonchev–Trinajstić information content (AvgIpc) is 2.78. The van der Waals surface area contributed by atoms with Gasteiger partial charge in [-0.25, -0.2) is 9.78 Å². The van der Waals surface area contributed by atoms with Crippen LogP contribution in [0.1, 0.15) is 44.3 Å². The molecule has 1 aliphatic carbocycles. The van der Waals surface area contributed by atoms with Gasteiger partial charge in [-0.15, -0.1) is 11.3 Å². The molecule has 25 heavy (non-hydrogen) atoms. The normalized spacial score (nSPS) is 19.8. The first-order valence-corrected chi connectivity index (χ1v) is 9.59. The zero-order valence-corrected chi connectivity index (χ0v) is 16.2. The second-order valence-electron chi connectivity index (χ2n) is 6.98. The quantitative estimate of drug-likeness (QED) is 0.656. The van der Waals surface area contributed by atoms with Crippen molar-refractivity contribution in [3.63, 3.8) is 0 Å². The summed E-state index contributed by atoms with van der Waals surface area (Å²) in [6.07, 6.45) is 2.41. The third-order valence-corrected chi connectivity index (χ3v) is 5.27. The molecule has 0 atom stereocenters. The molecule has 140 valence electrons. The molecular weight excluding hydrogens is 340 g/mol. The zero-order chi connectivity index (χ0) is 18.6. The van der Waals surface area contributed by atoms with Crippen molar-refractivity contribution in [3.05, 3.63) is 10.7 Å². The maximum absolute atomic E-state index is 12.2. The molecule has 1 aromatic heterocycles. The Kier molecular flexibility index (Phi) is 6.78. The molecule has 1 aliphatic rings. The number of carboxylic acid groups (broad SMARTS) is 1. The van der Waals surface area contributed by atoms with E-state index in [9.17, 15) is 9.59 Å². The smallest absolute Gasteiger partial charge is 0.320 e. The number of aliphatic carboxylic acids is 1. The summed E-state index contributed by atoms with van der Waals surface area (Å²) in [6, 6.07) is 0.113. The Morgan fingerprint density at radius 3 is 2.64 bits per heavy atom. The lowest BCUT2D eigenvalue weighted by Gasteiger charge is -2.42. The van der Waals surface area contributed by atoms with Gasteiger partial charge < -0.3 is 10.4 Å². The molecule has 1 aromatic rings. The second-order valence-corrected chi connectivity index (χ2v) is 8.19. The van der Waals surface area contributed by atoms with Gasteiger partial charge in [-0.05, 0) is 38.6 Å². The van der Waals surface area contributed by atoms with Gasteiger partial charge in [-0.1, -0.05) is 20.8 Å². The Balaban J connectivity index is 1.82. The number of rotatable bonds is 8. The molecule has 2 amide bonds. The minimum atomic E-state index is -0.811. The van der Waals surface area contributed by atoms with Crippen LogP contribution in [0.15, 0.2) is 0 Å². The Morgan fingerprint density at radius 2 is 2.08 bits per heavy atom. The fraction of sp³-hybridized carbons (Fsp3) is 0.706. The van der Waals surface area contributed by atoms with Gasteiger partial charge in [0.15, 0.2) is 0 Å². The minimum Gasteiger partial charge on any atom is -0.480 e. The lowest BCUT2D eigenvalue weighted by atomic mass is 9.85. The summed E-state index contributed by atoms with van der Waals surface area (Å²) >= 11 is 1.50. The lowest BCUT2D eigenvalue weighted by Crippen LogP contribution is -2.55. The van der Waals surface area contributed by atoms with Crippen LogP contribution in [0.3, 0.4) is 0 Å². The maximum atomic E-state index is 12.2. The Labute approximate surface area is 152 Å². The van der Waals surface area contributed by atoms with Crippen LogP contribution in [0.2, 0.25) is 0 Å². The predicted molar refractivity (Wildman–Crippen MR) is 99.2 cm³/mol. The number of carbonyl (C=O) groups excluding carboxylic acids is 1. The number of hydrogen-bond acceptors (Lipinski definition) is 5.